The van der Waals surface area contributed by atoms with Crippen LogP contribution >= 0.6 is 12.6 Å². The highest BCUT2D eigenvalue weighted by atomic mass is 32.1. The maximum Gasteiger partial charge on any atom is 0.416 e. The highest BCUT2D eigenvalue weighted by Gasteiger charge is 2.30. The minimum absolute atomic E-state index is 0.356. The van der Waals surface area contributed by atoms with Crippen molar-refractivity contribution >= 4 is 18.3 Å². The van der Waals surface area contributed by atoms with Crippen LogP contribution in [0.3, 0.4) is 0 Å². The molecule has 0 radical (unpaired) electrons. The summed E-state index contributed by atoms with van der Waals surface area (Å²) >= 11 is 4.12. The van der Waals surface area contributed by atoms with Gasteiger partial charge in [0.15, 0.2) is 0 Å². The standard InChI is InChI=1S/C13H9F3OS.C6H8N2O2/c14-13(15,16)9-1-3-10(4-2-9)17-11-5-7-12(18)8-6-11;1-7-5-3-2-4-8(10)6(5)9/h1-8,18H;2-4,7,10H,1H3. The Labute approximate surface area is 164 Å². The fourth-order valence-corrected chi connectivity index (χ4v) is 2.18. The average molecular weight is 410 g/mol. The largest absolute Gasteiger partial charge is 0.457 e. The fraction of sp³-hybridized carbons (Fsp3) is 0.105. The van der Waals surface area contributed by atoms with Gasteiger partial charge in [0.25, 0.3) is 0 Å². The van der Waals surface area contributed by atoms with Crippen LogP contribution in [0.25, 0.3) is 0 Å². The van der Waals surface area contributed by atoms with Gasteiger partial charge in [0.1, 0.15) is 17.2 Å². The molecule has 0 bridgehead atoms. The van der Waals surface area contributed by atoms with Gasteiger partial charge in [0, 0.05) is 18.1 Å². The van der Waals surface area contributed by atoms with Crippen molar-refractivity contribution in [1.29, 1.82) is 0 Å². The molecule has 148 valence electrons. The molecular formula is C19H17F3N2O3S. The van der Waals surface area contributed by atoms with E-state index in [4.69, 9.17) is 9.94 Å². The van der Waals surface area contributed by atoms with Crippen molar-refractivity contribution in [2.24, 2.45) is 0 Å². The molecule has 3 aromatic rings. The molecule has 0 amide bonds. The second kappa shape index (κ2) is 9.23. The Hall–Kier alpha value is -3.07. The lowest BCUT2D eigenvalue weighted by Gasteiger charge is -2.09. The van der Waals surface area contributed by atoms with Crippen LogP contribution in [0, 0.1) is 0 Å². The molecule has 1 aromatic heterocycles. The number of nitrogens with one attached hydrogen (secondary N) is 1. The molecule has 0 aliphatic carbocycles. The van der Waals surface area contributed by atoms with Gasteiger partial charge in [-0.05, 0) is 60.7 Å². The molecule has 0 unspecified atom stereocenters. The van der Waals surface area contributed by atoms with Crippen molar-refractivity contribution in [3.8, 4) is 11.5 Å². The first kappa shape index (κ1) is 21.2. The predicted octanol–water partition coefficient (Wildman–Crippen LogP) is 4.91. The minimum Gasteiger partial charge on any atom is -0.457 e. The Bertz CT molecular complexity index is 956. The second-order valence-corrected chi connectivity index (χ2v) is 5.96. The van der Waals surface area contributed by atoms with E-state index in [1.165, 1.54) is 18.3 Å². The second-order valence-electron chi connectivity index (χ2n) is 5.44. The maximum absolute atomic E-state index is 12.3. The van der Waals surface area contributed by atoms with E-state index in [0.717, 1.165) is 17.0 Å². The van der Waals surface area contributed by atoms with Crippen LogP contribution in [0.2, 0.25) is 0 Å². The van der Waals surface area contributed by atoms with Gasteiger partial charge in [-0.2, -0.15) is 17.9 Å². The van der Waals surface area contributed by atoms with Gasteiger partial charge in [-0.3, -0.25) is 4.79 Å². The van der Waals surface area contributed by atoms with Gasteiger partial charge in [0.2, 0.25) is 0 Å². The van der Waals surface area contributed by atoms with Crippen LogP contribution in [-0.2, 0) is 6.18 Å². The number of aromatic nitrogens is 1. The quantitative estimate of drug-likeness (QED) is 0.424. The summed E-state index contributed by atoms with van der Waals surface area (Å²) in [4.78, 5) is 11.6. The van der Waals surface area contributed by atoms with Gasteiger partial charge in [-0.15, -0.1) is 12.6 Å². The zero-order chi connectivity index (χ0) is 20.7. The van der Waals surface area contributed by atoms with Crippen molar-refractivity contribution in [3.05, 3.63) is 82.8 Å². The van der Waals surface area contributed by atoms with Gasteiger partial charge < -0.3 is 15.3 Å². The Morgan fingerprint density at radius 2 is 1.54 bits per heavy atom. The summed E-state index contributed by atoms with van der Waals surface area (Å²) in [7, 11) is 1.62. The SMILES string of the molecule is CNc1cccn(O)c1=O.FC(F)(F)c1ccc(Oc2ccc(S)cc2)cc1. The van der Waals surface area contributed by atoms with E-state index in [-0.39, 0.29) is 0 Å². The highest BCUT2D eigenvalue weighted by molar-refractivity contribution is 7.80. The first-order valence-corrected chi connectivity index (χ1v) is 8.38. The molecule has 5 nitrogen and oxygen atoms in total. The Morgan fingerprint density at radius 3 is 2.00 bits per heavy atom. The van der Waals surface area contributed by atoms with Crippen LogP contribution in [0.1, 0.15) is 5.56 Å². The molecule has 0 saturated heterocycles. The third-order valence-electron chi connectivity index (χ3n) is 3.45. The molecule has 0 fully saturated rings. The number of hydrogen-bond donors (Lipinski definition) is 3. The van der Waals surface area contributed by atoms with Gasteiger partial charge in [0.05, 0.1) is 5.56 Å². The molecule has 0 atom stereocenters. The summed E-state index contributed by atoms with van der Waals surface area (Å²) in [6.07, 6.45) is -3.05. The molecule has 0 spiro atoms. The lowest BCUT2D eigenvalue weighted by atomic mass is 10.2. The van der Waals surface area contributed by atoms with Gasteiger partial charge in [-0.1, -0.05) is 0 Å². The van der Waals surface area contributed by atoms with Crippen molar-refractivity contribution in [3.63, 3.8) is 0 Å². The molecule has 1 heterocycles. The molecular weight excluding hydrogens is 393 g/mol. The number of benzene rings is 2. The number of alkyl halides is 3. The van der Waals surface area contributed by atoms with Crippen molar-refractivity contribution in [2.75, 3.05) is 12.4 Å². The van der Waals surface area contributed by atoms with E-state index in [2.05, 4.69) is 17.9 Å². The lowest BCUT2D eigenvalue weighted by Crippen LogP contribution is -2.19. The Balaban J connectivity index is 0.000000237. The van der Waals surface area contributed by atoms with E-state index in [1.807, 2.05) is 0 Å². The zero-order valence-electron chi connectivity index (χ0n) is 14.6. The predicted molar refractivity (Wildman–Crippen MR) is 103 cm³/mol. The van der Waals surface area contributed by atoms with Crippen LogP contribution in [0.4, 0.5) is 18.9 Å². The van der Waals surface area contributed by atoms with E-state index in [1.54, 1.807) is 43.4 Å². The number of thiol groups is 1. The summed E-state index contributed by atoms with van der Waals surface area (Å²) in [6, 6.07) is 14.6. The van der Waals surface area contributed by atoms with Gasteiger partial charge in [-0.25, -0.2) is 0 Å². The molecule has 2 N–H and O–H groups in total. The van der Waals surface area contributed by atoms with E-state index >= 15 is 0 Å². The number of hydrogen-bond acceptors (Lipinski definition) is 5. The Morgan fingerprint density at radius 1 is 1.00 bits per heavy atom. The zero-order valence-corrected chi connectivity index (χ0v) is 15.5. The monoisotopic (exact) mass is 410 g/mol. The average Bonchev–Trinajstić information content (AvgIpc) is 2.66. The summed E-state index contributed by atoms with van der Waals surface area (Å²) in [5, 5.41) is 11.4. The summed E-state index contributed by atoms with van der Waals surface area (Å²) in [5.74, 6) is 0.905. The molecule has 0 aliphatic rings. The molecule has 2 aromatic carbocycles. The summed E-state index contributed by atoms with van der Waals surface area (Å²) < 4.78 is 43.0. The van der Waals surface area contributed by atoms with Crippen LogP contribution in [0.15, 0.2) is 76.6 Å². The van der Waals surface area contributed by atoms with Crippen molar-refractivity contribution in [2.45, 2.75) is 11.1 Å². The maximum atomic E-state index is 12.3. The lowest BCUT2D eigenvalue weighted by molar-refractivity contribution is -0.137. The number of rotatable bonds is 3. The summed E-state index contributed by atoms with van der Waals surface area (Å²) in [6.45, 7) is 0. The fourth-order valence-electron chi connectivity index (χ4n) is 2.04. The van der Waals surface area contributed by atoms with E-state index < -0.39 is 17.3 Å². The normalized spacial score (nSPS) is 10.6. The van der Waals surface area contributed by atoms with E-state index in [9.17, 15) is 18.0 Å². The number of ether oxygens (including phenoxy) is 1. The first-order chi connectivity index (χ1) is 13.2. The number of pyridine rings is 1. The third-order valence-corrected chi connectivity index (χ3v) is 3.75. The Kier molecular flexibility index (Phi) is 7.00. The molecule has 0 aliphatic heterocycles. The number of nitrogens with zero attached hydrogens (tertiary/aromatic N) is 1. The van der Waals surface area contributed by atoms with Crippen LogP contribution < -0.4 is 15.6 Å². The topological polar surface area (TPSA) is 63.5 Å². The van der Waals surface area contributed by atoms with E-state index in [0.29, 0.717) is 21.9 Å². The molecule has 9 heteroatoms. The molecule has 3 rings (SSSR count). The molecule has 28 heavy (non-hydrogen) atoms. The minimum atomic E-state index is -4.33. The van der Waals surface area contributed by atoms with Crippen LogP contribution in [0.5, 0.6) is 11.5 Å². The smallest absolute Gasteiger partial charge is 0.416 e. The number of halogens is 3. The third kappa shape index (κ3) is 5.98. The van der Waals surface area contributed by atoms with Gasteiger partial charge >= 0.3 is 11.7 Å². The summed E-state index contributed by atoms with van der Waals surface area (Å²) in [5.41, 5.74) is -0.754. The first-order valence-electron chi connectivity index (χ1n) is 7.93. The van der Waals surface area contributed by atoms with Crippen LogP contribution in [-0.4, -0.2) is 17.0 Å². The molecule has 0 saturated carbocycles. The van der Waals surface area contributed by atoms with Crippen molar-refractivity contribution in [1.82, 2.24) is 4.73 Å². The number of anilines is 1. The highest BCUT2D eigenvalue weighted by Crippen LogP contribution is 2.31. The van der Waals surface area contributed by atoms with Crippen molar-refractivity contribution < 1.29 is 23.1 Å².